The van der Waals surface area contributed by atoms with Gasteiger partial charge >= 0.3 is 0 Å². The molecule has 3 aromatic heterocycles. The molecule has 0 amide bonds. The molecule has 0 fully saturated rings. The second kappa shape index (κ2) is 5.45. The second-order valence-electron chi connectivity index (χ2n) is 4.06. The monoisotopic (exact) mass is 305 g/mol. The number of hydrogen-bond acceptors (Lipinski definition) is 6. The van der Waals surface area contributed by atoms with Crippen molar-refractivity contribution in [2.75, 3.05) is 12.4 Å². The summed E-state index contributed by atoms with van der Waals surface area (Å²) in [4.78, 5) is 16.2. The van der Waals surface area contributed by atoms with Gasteiger partial charge in [-0.25, -0.2) is 24.3 Å². The molecule has 21 heavy (non-hydrogen) atoms. The van der Waals surface area contributed by atoms with Gasteiger partial charge in [-0.1, -0.05) is 11.6 Å². The van der Waals surface area contributed by atoms with Crippen LogP contribution in [0.25, 0.3) is 11.0 Å². The van der Waals surface area contributed by atoms with E-state index in [1.807, 2.05) is 0 Å². The lowest BCUT2D eigenvalue weighted by Crippen LogP contribution is -2.00. The Bertz CT molecular complexity index is 814. The molecule has 8 heteroatoms. The molecule has 3 aromatic rings. The predicted molar refractivity (Wildman–Crippen MR) is 76.4 cm³/mol. The lowest BCUT2D eigenvalue weighted by molar-refractivity contribution is 0.369. The Morgan fingerprint density at radius 3 is 2.86 bits per heavy atom. The number of nitrogens with zero attached hydrogens (tertiary/aromatic N) is 4. The Balaban J connectivity index is 2.01. The third-order valence-electron chi connectivity index (χ3n) is 2.71. The van der Waals surface area contributed by atoms with Crippen LogP contribution in [0.3, 0.4) is 0 Å². The van der Waals surface area contributed by atoms with Crippen LogP contribution in [0.5, 0.6) is 5.88 Å². The molecule has 0 aliphatic heterocycles. The lowest BCUT2D eigenvalue weighted by atomic mass is 10.3. The zero-order valence-corrected chi connectivity index (χ0v) is 11.6. The molecule has 3 rings (SSSR count). The molecule has 0 unspecified atom stereocenters. The zero-order chi connectivity index (χ0) is 14.8. The van der Waals surface area contributed by atoms with Crippen LogP contribution in [-0.4, -0.2) is 27.0 Å². The molecule has 0 aromatic carbocycles. The van der Waals surface area contributed by atoms with Crippen LogP contribution >= 0.6 is 11.6 Å². The fourth-order valence-electron chi connectivity index (χ4n) is 1.79. The highest BCUT2D eigenvalue weighted by atomic mass is 35.5. The van der Waals surface area contributed by atoms with E-state index in [1.165, 1.54) is 25.7 Å². The molecule has 0 saturated carbocycles. The van der Waals surface area contributed by atoms with E-state index < -0.39 is 5.82 Å². The maximum absolute atomic E-state index is 13.6. The van der Waals surface area contributed by atoms with Crippen molar-refractivity contribution in [3.63, 3.8) is 0 Å². The number of pyridine rings is 2. The van der Waals surface area contributed by atoms with E-state index in [4.69, 9.17) is 16.3 Å². The average molecular weight is 306 g/mol. The fourth-order valence-corrected chi connectivity index (χ4v) is 1.94. The molecule has 106 valence electrons. The van der Waals surface area contributed by atoms with Crippen molar-refractivity contribution in [2.45, 2.75) is 0 Å². The first kappa shape index (κ1) is 13.4. The van der Waals surface area contributed by atoms with E-state index in [-0.39, 0.29) is 5.88 Å². The maximum Gasteiger partial charge on any atom is 0.250 e. The Labute approximate surface area is 124 Å². The second-order valence-corrected chi connectivity index (χ2v) is 4.45. The SMILES string of the molecule is COc1ncc(Nc2ncnc3ccc(Cl)nc23)cc1F. The highest BCUT2D eigenvalue weighted by molar-refractivity contribution is 6.29. The van der Waals surface area contributed by atoms with Crippen molar-refractivity contribution in [1.82, 2.24) is 19.9 Å². The third kappa shape index (κ3) is 2.68. The van der Waals surface area contributed by atoms with Gasteiger partial charge in [-0.2, -0.15) is 0 Å². The van der Waals surface area contributed by atoms with E-state index in [0.29, 0.717) is 27.7 Å². The number of fused-ring (bicyclic) bond motifs is 1. The van der Waals surface area contributed by atoms with Crippen LogP contribution in [-0.2, 0) is 0 Å². The van der Waals surface area contributed by atoms with E-state index in [2.05, 4.69) is 25.3 Å². The highest BCUT2D eigenvalue weighted by Gasteiger charge is 2.09. The van der Waals surface area contributed by atoms with E-state index >= 15 is 0 Å². The van der Waals surface area contributed by atoms with Crippen LogP contribution in [0.2, 0.25) is 5.15 Å². The normalized spacial score (nSPS) is 10.6. The molecule has 0 aliphatic rings. The zero-order valence-electron chi connectivity index (χ0n) is 10.8. The van der Waals surface area contributed by atoms with Gasteiger partial charge in [-0.3, -0.25) is 0 Å². The molecule has 0 saturated heterocycles. The van der Waals surface area contributed by atoms with Gasteiger partial charge in [0.25, 0.3) is 0 Å². The van der Waals surface area contributed by atoms with Gasteiger partial charge in [-0.05, 0) is 12.1 Å². The van der Waals surface area contributed by atoms with Crippen molar-refractivity contribution in [3.05, 3.63) is 41.7 Å². The van der Waals surface area contributed by atoms with Crippen molar-refractivity contribution in [3.8, 4) is 5.88 Å². The fraction of sp³-hybridized carbons (Fsp3) is 0.0769. The summed E-state index contributed by atoms with van der Waals surface area (Å²) in [7, 11) is 1.35. The van der Waals surface area contributed by atoms with Crippen molar-refractivity contribution in [2.24, 2.45) is 0 Å². The summed E-state index contributed by atoms with van der Waals surface area (Å²) >= 11 is 5.88. The maximum atomic E-state index is 13.6. The van der Waals surface area contributed by atoms with Crippen LogP contribution in [0.1, 0.15) is 0 Å². The van der Waals surface area contributed by atoms with Gasteiger partial charge in [0, 0.05) is 6.07 Å². The molecule has 0 spiro atoms. The van der Waals surface area contributed by atoms with Crippen LogP contribution < -0.4 is 10.1 Å². The first-order valence-corrected chi connectivity index (χ1v) is 6.29. The van der Waals surface area contributed by atoms with Crippen LogP contribution in [0.4, 0.5) is 15.9 Å². The summed E-state index contributed by atoms with van der Waals surface area (Å²) in [5.41, 5.74) is 1.52. The van der Waals surface area contributed by atoms with Crippen LogP contribution in [0, 0.1) is 5.82 Å². The predicted octanol–water partition coefficient (Wildman–Crippen LogP) is 2.96. The van der Waals surface area contributed by atoms with E-state index in [9.17, 15) is 4.39 Å². The number of hydrogen-bond donors (Lipinski definition) is 1. The first-order chi connectivity index (χ1) is 10.2. The quantitative estimate of drug-likeness (QED) is 0.750. The summed E-state index contributed by atoms with van der Waals surface area (Å²) in [6, 6.07) is 4.62. The summed E-state index contributed by atoms with van der Waals surface area (Å²) < 4.78 is 18.4. The Hall–Kier alpha value is -2.54. The van der Waals surface area contributed by atoms with E-state index in [0.717, 1.165) is 0 Å². The van der Waals surface area contributed by atoms with E-state index in [1.54, 1.807) is 12.1 Å². The first-order valence-electron chi connectivity index (χ1n) is 5.91. The molecular formula is C13H9ClFN5O. The van der Waals surface area contributed by atoms with Gasteiger partial charge in [0.2, 0.25) is 5.88 Å². The topological polar surface area (TPSA) is 72.8 Å². The smallest absolute Gasteiger partial charge is 0.250 e. The van der Waals surface area contributed by atoms with Crippen molar-refractivity contribution < 1.29 is 9.13 Å². The molecule has 6 nitrogen and oxygen atoms in total. The van der Waals surface area contributed by atoms with Gasteiger partial charge in [0.1, 0.15) is 17.0 Å². The van der Waals surface area contributed by atoms with Gasteiger partial charge in [-0.15, -0.1) is 0 Å². The van der Waals surface area contributed by atoms with Crippen LogP contribution in [0.15, 0.2) is 30.7 Å². The molecule has 0 atom stereocenters. The molecule has 0 aliphatic carbocycles. The minimum Gasteiger partial charge on any atom is -0.479 e. The Morgan fingerprint density at radius 1 is 1.24 bits per heavy atom. The molecule has 0 radical (unpaired) electrons. The van der Waals surface area contributed by atoms with Gasteiger partial charge in [0.05, 0.1) is 24.5 Å². The number of methoxy groups -OCH3 is 1. The number of ether oxygens (including phenoxy) is 1. The Kier molecular flexibility index (Phi) is 3.49. The third-order valence-corrected chi connectivity index (χ3v) is 2.92. The standard InChI is InChI=1S/C13H9ClFN5O/c1-21-13-8(15)4-7(5-16-13)19-12-11-9(17-6-18-12)2-3-10(14)20-11/h2-6H,1H3,(H,17,18,19). The number of anilines is 2. The lowest BCUT2D eigenvalue weighted by Gasteiger charge is -2.08. The highest BCUT2D eigenvalue weighted by Crippen LogP contribution is 2.24. The summed E-state index contributed by atoms with van der Waals surface area (Å²) in [6.45, 7) is 0. The summed E-state index contributed by atoms with van der Waals surface area (Å²) in [6.07, 6.45) is 2.81. The minimum atomic E-state index is -0.577. The molecular weight excluding hydrogens is 297 g/mol. The summed E-state index contributed by atoms with van der Waals surface area (Å²) in [5, 5.41) is 3.25. The average Bonchev–Trinajstić information content (AvgIpc) is 2.48. The summed E-state index contributed by atoms with van der Waals surface area (Å²) in [5.74, 6) is -0.241. The van der Waals surface area contributed by atoms with Crippen molar-refractivity contribution in [1.29, 1.82) is 0 Å². The molecule has 3 heterocycles. The molecule has 0 bridgehead atoms. The van der Waals surface area contributed by atoms with Gasteiger partial charge in [0.15, 0.2) is 11.6 Å². The Morgan fingerprint density at radius 2 is 2.10 bits per heavy atom. The van der Waals surface area contributed by atoms with Gasteiger partial charge < -0.3 is 10.1 Å². The number of rotatable bonds is 3. The molecule has 1 N–H and O–H groups in total. The number of nitrogens with one attached hydrogen (secondary N) is 1. The minimum absolute atomic E-state index is 0.0748. The number of halogens is 2. The number of aromatic nitrogens is 4. The van der Waals surface area contributed by atoms with Crippen molar-refractivity contribution >= 4 is 34.1 Å². The largest absolute Gasteiger partial charge is 0.479 e.